The Bertz CT molecular complexity index is 429. The predicted octanol–water partition coefficient (Wildman–Crippen LogP) is 3.69. The smallest absolute Gasteiger partial charge is 0.306 e. The standard InChI is InChI=1S/C14H19F3N2/c1-19(2)11-6-3-5-10(9-11)12-7-4-8-13(18-12)14(15,16)17/h4,7-8,10-11H,3,5-6,9H2,1-2H3/t10-,11?/m0/s1. The molecule has 19 heavy (non-hydrogen) atoms. The summed E-state index contributed by atoms with van der Waals surface area (Å²) in [5.41, 5.74) is -0.196. The molecule has 1 aromatic heterocycles. The molecule has 1 aliphatic rings. The molecule has 0 amide bonds. The van der Waals surface area contributed by atoms with Gasteiger partial charge in [0.15, 0.2) is 0 Å². The van der Waals surface area contributed by atoms with Crippen molar-refractivity contribution >= 4 is 0 Å². The molecule has 0 spiro atoms. The topological polar surface area (TPSA) is 16.1 Å². The highest BCUT2D eigenvalue weighted by Crippen LogP contribution is 2.35. The van der Waals surface area contributed by atoms with Crippen LogP contribution in [0.5, 0.6) is 0 Å². The van der Waals surface area contributed by atoms with Crippen LogP contribution in [0.15, 0.2) is 18.2 Å². The van der Waals surface area contributed by atoms with Gasteiger partial charge in [-0.1, -0.05) is 12.5 Å². The maximum Gasteiger partial charge on any atom is 0.433 e. The van der Waals surface area contributed by atoms with Gasteiger partial charge in [0.2, 0.25) is 0 Å². The van der Waals surface area contributed by atoms with Gasteiger partial charge in [0.05, 0.1) is 0 Å². The lowest BCUT2D eigenvalue weighted by Gasteiger charge is -2.33. The average molecular weight is 272 g/mol. The van der Waals surface area contributed by atoms with Crippen molar-refractivity contribution in [3.63, 3.8) is 0 Å². The first kappa shape index (κ1) is 14.3. The van der Waals surface area contributed by atoms with Gasteiger partial charge >= 0.3 is 6.18 Å². The fourth-order valence-electron chi connectivity index (χ4n) is 2.74. The molecule has 2 rings (SSSR count). The summed E-state index contributed by atoms with van der Waals surface area (Å²) in [6, 6.07) is 4.66. The number of nitrogens with zero attached hydrogens (tertiary/aromatic N) is 2. The molecule has 0 N–H and O–H groups in total. The van der Waals surface area contributed by atoms with Crippen molar-refractivity contribution in [3.8, 4) is 0 Å². The molecule has 0 radical (unpaired) electrons. The van der Waals surface area contributed by atoms with E-state index in [0.29, 0.717) is 11.7 Å². The Hall–Kier alpha value is -1.10. The molecule has 2 nitrogen and oxygen atoms in total. The van der Waals surface area contributed by atoms with Crippen molar-refractivity contribution in [1.82, 2.24) is 9.88 Å². The second-order valence-corrected chi connectivity index (χ2v) is 5.43. The Balaban J connectivity index is 2.17. The lowest BCUT2D eigenvalue weighted by Crippen LogP contribution is -2.32. The Morgan fingerprint density at radius 2 is 1.95 bits per heavy atom. The Morgan fingerprint density at radius 3 is 2.58 bits per heavy atom. The number of hydrogen-bond donors (Lipinski definition) is 0. The van der Waals surface area contributed by atoms with E-state index < -0.39 is 11.9 Å². The van der Waals surface area contributed by atoms with E-state index in [9.17, 15) is 13.2 Å². The van der Waals surface area contributed by atoms with Crippen molar-refractivity contribution in [1.29, 1.82) is 0 Å². The molecule has 1 aromatic rings. The minimum atomic E-state index is -4.36. The predicted molar refractivity (Wildman–Crippen MR) is 67.9 cm³/mol. The van der Waals surface area contributed by atoms with Gasteiger partial charge in [-0.2, -0.15) is 13.2 Å². The van der Waals surface area contributed by atoms with Crippen LogP contribution in [-0.4, -0.2) is 30.0 Å². The summed E-state index contributed by atoms with van der Waals surface area (Å²) >= 11 is 0. The van der Waals surface area contributed by atoms with Gasteiger partial charge in [0.1, 0.15) is 5.69 Å². The molecule has 0 aliphatic heterocycles. The highest BCUT2D eigenvalue weighted by molar-refractivity contribution is 5.17. The van der Waals surface area contributed by atoms with E-state index in [-0.39, 0.29) is 5.92 Å². The summed E-state index contributed by atoms with van der Waals surface area (Å²) in [5.74, 6) is 0.142. The average Bonchev–Trinajstić information content (AvgIpc) is 2.38. The van der Waals surface area contributed by atoms with Crippen molar-refractivity contribution in [2.45, 2.75) is 43.8 Å². The Morgan fingerprint density at radius 1 is 1.21 bits per heavy atom. The molecule has 1 heterocycles. The van der Waals surface area contributed by atoms with E-state index in [2.05, 4.69) is 9.88 Å². The molecular formula is C14H19F3N2. The van der Waals surface area contributed by atoms with E-state index >= 15 is 0 Å². The molecule has 1 fully saturated rings. The lowest BCUT2D eigenvalue weighted by atomic mass is 9.83. The zero-order valence-electron chi connectivity index (χ0n) is 11.2. The second-order valence-electron chi connectivity index (χ2n) is 5.43. The lowest BCUT2D eigenvalue weighted by molar-refractivity contribution is -0.141. The number of hydrogen-bond acceptors (Lipinski definition) is 2. The Kier molecular flexibility index (Phi) is 4.13. The van der Waals surface area contributed by atoms with Crippen LogP contribution in [0.4, 0.5) is 13.2 Å². The quantitative estimate of drug-likeness (QED) is 0.816. The van der Waals surface area contributed by atoms with E-state index in [0.717, 1.165) is 31.7 Å². The first-order valence-electron chi connectivity index (χ1n) is 6.58. The van der Waals surface area contributed by atoms with E-state index in [1.54, 1.807) is 6.07 Å². The van der Waals surface area contributed by atoms with Crippen LogP contribution >= 0.6 is 0 Å². The van der Waals surface area contributed by atoms with Crippen molar-refractivity contribution in [3.05, 3.63) is 29.6 Å². The fourth-order valence-corrected chi connectivity index (χ4v) is 2.74. The maximum absolute atomic E-state index is 12.7. The van der Waals surface area contributed by atoms with Crippen molar-refractivity contribution < 1.29 is 13.2 Å². The molecule has 1 unspecified atom stereocenters. The summed E-state index contributed by atoms with van der Waals surface area (Å²) in [6.07, 6.45) is -0.376. The molecule has 2 atom stereocenters. The fraction of sp³-hybridized carbons (Fsp3) is 0.643. The normalized spacial score (nSPS) is 24.7. The molecule has 106 valence electrons. The van der Waals surface area contributed by atoms with Crippen LogP contribution in [0.3, 0.4) is 0 Å². The van der Waals surface area contributed by atoms with Crippen molar-refractivity contribution in [2.24, 2.45) is 0 Å². The molecule has 1 saturated carbocycles. The number of aromatic nitrogens is 1. The summed E-state index contributed by atoms with van der Waals surface area (Å²) in [6.45, 7) is 0. The monoisotopic (exact) mass is 272 g/mol. The van der Waals surface area contributed by atoms with Gasteiger partial charge in [-0.05, 0) is 45.5 Å². The third kappa shape index (κ3) is 3.47. The van der Waals surface area contributed by atoms with Gasteiger partial charge < -0.3 is 4.90 Å². The number of alkyl halides is 3. The SMILES string of the molecule is CN(C)C1CCC[C@H](c2cccc(C(F)(F)F)n2)C1. The zero-order valence-corrected chi connectivity index (χ0v) is 11.2. The highest BCUT2D eigenvalue weighted by Gasteiger charge is 2.33. The van der Waals surface area contributed by atoms with Gasteiger partial charge in [0, 0.05) is 17.7 Å². The number of rotatable bonds is 2. The van der Waals surface area contributed by atoms with Gasteiger partial charge in [0.25, 0.3) is 0 Å². The molecule has 1 aliphatic carbocycles. The third-order valence-electron chi connectivity index (χ3n) is 3.86. The molecule has 0 aromatic carbocycles. The van der Waals surface area contributed by atoms with Crippen LogP contribution in [-0.2, 0) is 6.18 Å². The van der Waals surface area contributed by atoms with Gasteiger partial charge in [-0.25, -0.2) is 4.98 Å². The second kappa shape index (κ2) is 5.49. The van der Waals surface area contributed by atoms with E-state index in [1.807, 2.05) is 14.1 Å². The minimum Gasteiger partial charge on any atom is -0.306 e. The summed E-state index contributed by atoms with van der Waals surface area (Å²) in [7, 11) is 4.04. The zero-order chi connectivity index (χ0) is 14.0. The van der Waals surface area contributed by atoms with Crippen LogP contribution in [0.25, 0.3) is 0 Å². The molecular weight excluding hydrogens is 253 g/mol. The van der Waals surface area contributed by atoms with Crippen LogP contribution in [0.2, 0.25) is 0 Å². The number of pyridine rings is 1. The van der Waals surface area contributed by atoms with Gasteiger partial charge in [-0.3, -0.25) is 0 Å². The number of halogens is 3. The van der Waals surface area contributed by atoms with E-state index in [4.69, 9.17) is 0 Å². The first-order chi connectivity index (χ1) is 8.88. The van der Waals surface area contributed by atoms with Crippen molar-refractivity contribution in [2.75, 3.05) is 14.1 Å². The summed E-state index contributed by atoms with van der Waals surface area (Å²) < 4.78 is 38.0. The van der Waals surface area contributed by atoms with Crippen LogP contribution in [0, 0.1) is 0 Å². The summed E-state index contributed by atoms with van der Waals surface area (Å²) in [5, 5.41) is 0. The molecule has 0 saturated heterocycles. The Labute approximate surface area is 111 Å². The summed E-state index contributed by atoms with van der Waals surface area (Å²) in [4.78, 5) is 5.97. The molecule has 5 heteroatoms. The highest BCUT2D eigenvalue weighted by atomic mass is 19.4. The van der Waals surface area contributed by atoms with E-state index in [1.165, 1.54) is 6.07 Å². The van der Waals surface area contributed by atoms with Gasteiger partial charge in [-0.15, -0.1) is 0 Å². The third-order valence-corrected chi connectivity index (χ3v) is 3.86. The molecule has 0 bridgehead atoms. The van der Waals surface area contributed by atoms with Crippen LogP contribution in [0.1, 0.15) is 43.0 Å². The largest absolute Gasteiger partial charge is 0.433 e. The minimum absolute atomic E-state index is 0.142. The first-order valence-corrected chi connectivity index (χ1v) is 6.58. The van der Waals surface area contributed by atoms with Crippen LogP contribution < -0.4 is 0 Å². The maximum atomic E-state index is 12.7.